The van der Waals surface area contributed by atoms with Crippen LogP contribution in [0.4, 0.5) is 5.69 Å². The van der Waals surface area contributed by atoms with E-state index >= 15 is 0 Å². The first-order valence-corrected chi connectivity index (χ1v) is 6.02. The van der Waals surface area contributed by atoms with Crippen LogP contribution in [0.2, 0.25) is 0 Å². The molecular weight excluding hydrogens is 244 g/mol. The van der Waals surface area contributed by atoms with E-state index in [0.717, 1.165) is 17.0 Å². The van der Waals surface area contributed by atoms with Crippen LogP contribution in [0.5, 0.6) is 0 Å². The number of nitro groups is 1. The summed E-state index contributed by atoms with van der Waals surface area (Å²) in [6.45, 7) is 4.95. The molecule has 0 radical (unpaired) electrons. The zero-order valence-corrected chi connectivity index (χ0v) is 10.9. The molecule has 0 bridgehead atoms. The average molecular weight is 260 g/mol. The standard InChI is InChI=1S/C13H16N4O2/c1-9-11(4-3-5-13(9)17(18)19)6-14-7-12-10(2)15-8-16-12/h3-5,8,14H,6-7H2,1-2H3,(H,15,16). The Morgan fingerprint density at radius 1 is 1.37 bits per heavy atom. The maximum Gasteiger partial charge on any atom is 0.272 e. The summed E-state index contributed by atoms with van der Waals surface area (Å²) in [5.41, 5.74) is 3.79. The summed E-state index contributed by atoms with van der Waals surface area (Å²) in [7, 11) is 0. The minimum absolute atomic E-state index is 0.162. The number of imidazole rings is 1. The van der Waals surface area contributed by atoms with Gasteiger partial charge in [-0.15, -0.1) is 0 Å². The van der Waals surface area contributed by atoms with E-state index in [9.17, 15) is 10.1 Å². The molecule has 0 fully saturated rings. The van der Waals surface area contributed by atoms with Crippen molar-refractivity contribution in [3.8, 4) is 0 Å². The van der Waals surface area contributed by atoms with Crippen molar-refractivity contribution in [2.45, 2.75) is 26.9 Å². The Kier molecular flexibility index (Phi) is 3.91. The lowest BCUT2D eigenvalue weighted by Gasteiger charge is -2.07. The van der Waals surface area contributed by atoms with E-state index < -0.39 is 0 Å². The molecule has 0 saturated heterocycles. The molecule has 0 amide bonds. The van der Waals surface area contributed by atoms with Crippen molar-refractivity contribution in [1.82, 2.24) is 15.3 Å². The number of aryl methyl sites for hydroxylation is 1. The van der Waals surface area contributed by atoms with Gasteiger partial charge in [0.05, 0.1) is 16.9 Å². The van der Waals surface area contributed by atoms with Crippen LogP contribution in [0.15, 0.2) is 24.5 Å². The van der Waals surface area contributed by atoms with Crippen LogP contribution in [0, 0.1) is 24.0 Å². The Hall–Kier alpha value is -2.21. The maximum atomic E-state index is 10.9. The fourth-order valence-corrected chi connectivity index (χ4v) is 1.94. The number of hydrogen-bond acceptors (Lipinski definition) is 4. The second-order valence-corrected chi connectivity index (χ2v) is 4.40. The molecule has 2 aromatic rings. The van der Waals surface area contributed by atoms with Gasteiger partial charge in [0.25, 0.3) is 5.69 Å². The number of nitrogens with one attached hydrogen (secondary N) is 2. The molecule has 0 unspecified atom stereocenters. The van der Waals surface area contributed by atoms with E-state index in [1.807, 2.05) is 13.0 Å². The Morgan fingerprint density at radius 2 is 2.16 bits per heavy atom. The van der Waals surface area contributed by atoms with Gasteiger partial charge in [0, 0.05) is 30.4 Å². The lowest BCUT2D eigenvalue weighted by molar-refractivity contribution is -0.385. The summed E-state index contributed by atoms with van der Waals surface area (Å²) in [6.07, 6.45) is 1.66. The first kappa shape index (κ1) is 13.2. The number of benzene rings is 1. The minimum Gasteiger partial charge on any atom is -0.348 e. The molecule has 2 rings (SSSR count). The predicted molar refractivity (Wildman–Crippen MR) is 71.7 cm³/mol. The monoisotopic (exact) mass is 260 g/mol. The fraction of sp³-hybridized carbons (Fsp3) is 0.308. The molecule has 6 nitrogen and oxygen atoms in total. The molecule has 0 aliphatic rings. The zero-order valence-electron chi connectivity index (χ0n) is 10.9. The van der Waals surface area contributed by atoms with Gasteiger partial charge in [-0.1, -0.05) is 12.1 Å². The number of nitro benzene ring substituents is 1. The van der Waals surface area contributed by atoms with Crippen LogP contribution < -0.4 is 5.32 Å². The first-order valence-electron chi connectivity index (χ1n) is 6.02. The van der Waals surface area contributed by atoms with Crippen molar-refractivity contribution in [2.24, 2.45) is 0 Å². The van der Waals surface area contributed by atoms with Crippen molar-refractivity contribution in [3.05, 3.63) is 57.2 Å². The summed E-state index contributed by atoms with van der Waals surface area (Å²) >= 11 is 0. The van der Waals surface area contributed by atoms with Gasteiger partial charge in [-0.3, -0.25) is 10.1 Å². The van der Waals surface area contributed by atoms with Gasteiger partial charge >= 0.3 is 0 Å². The predicted octanol–water partition coefficient (Wildman–Crippen LogP) is 2.22. The lowest BCUT2D eigenvalue weighted by atomic mass is 10.1. The van der Waals surface area contributed by atoms with Crippen molar-refractivity contribution in [1.29, 1.82) is 0 Å². The highest BCUT2D eigenvalue weighted by Gasteiger charge is 2.12. The number of aromatic nitrogens is 2. The Bertz CT molecular complexity index is 592. The van der Waals surface area contributed by atoms with Crippen molar-refractivity contribution < 1.29 is 4.92 Å². The van der Waals surface area contributed by atoms with Crippen molar-refractivity contribution in [3.63, 3.8) is 0 Å². The normalized spacial score (nSPS) is 10.6. The molecule has 100 valence electrons. The summed E-state index contributed by atoms with van der Waals surface area (Å²) in [5, 5.41) is 14.1. The molecule has 19 heavy (non-hydrogen) atoms. The largest absolute Gasteiger partial charge is 0.348 e. The Balaban J connectivity index is 2.02. The SMILES string of the molecule is Cc1[nH]cnc1CNCc1cccc([N+](=O)[O-])c1C. The third kappa shape index (κ3) is 2.97. The highest BCUT2D eigenvalue weighted by molar-refractivity contribution is 5.44. The van der Waals surface area contributed by atoms with E-state index in [4.69, 9.17) is 0 Å². The van der Waals surface area contributed by atoms with E-state index in [1.165, 1.54) is 6.07 Å². The Morgan fingerprint density at radius 3 is 2.79 bits per heavy atom. The summed E-state index contributed by atoms with van der Waals surface area (Å²) in [6, 6.07) is 5.13. The smallest absolute Gasteiger partial charge is 0.272 e. The van der Waals surface area contributed by atoms with Crippen LogP contribution in [0.25, 0.3) is 0 Å². The van der Waals surface area contributed by atoms with Crippen LogP contribution in [-0.4, -0.2) is 14.9 Å². The highest BCUT2D eigenvalue weighted by atomic mass is 16.6. The van der Waals surface area contributed by atoms with Crippen molar-refractivity contribution >= 4 is 5.69 Å². The van der Waals surface area contributed by atoms with Gasteiger partial charge in [0.1, 0.15) is 0 Å². The summed E-state index contributed by atoms with van der Waals surface area (Å²) in [5.74, 6) is 0. The molecule has 0 atom stereocenters. The molecule has 1 heterocycles. The van der Waals surface area contributed by atoms with Crippen LogP contribution in [-0.2, 0) is 13.1 Å². The van der Waals surface area contributed by atoms with Crippen molar-refractivity contribution in [2.75, 3.05) is 0 Å². The van der Waals surface area contributed by atoms with E-state index in [2.05, 4.69) is 15.3 Å². The first-order chi connectivity index (χ1) is 9.09. The number of hydrogen-bond donors (Lipinski definition) is 2. The third-order valence-electron chi connectivity index (χ3n) is 3.16. The van der Waals surface area contributed by atoms with E-state index in [-0.39, 0.29) is 10.6 Å². The molecule has 2 N–H and O–H groups in total. The maximum absolute atomic E-state index is 10.9. The number of rotatable bonds is 5. The fourth-order valence-electron chi connectivity index (χ4n) is 1.94. The second-order valence-electron chi connectivity index (χ2n) is 4.40. The van der Waals surface area contributed by atoms with Gasteiger partial charge in [-0.25, -0.2) is 4.98 Å². The topological polar surface area (TPSA) is 83.8 Å². The summed E-state index contributed by atoms with van der Waals surface area (Å²) < 4.78 is 0. The van der Waals surface area contributed by atoms with E-state index in [0.29, 0.717) is 18.7 Å². The number of nitrogens with zero attached hydrogens (tertiary/aromatic N) is 2. The third-order valence-corrected chi connectivity index (χ3v) is 3.16. The Labute approximate surface area is 111 Å². The second kappa shape index (κ2) is 5.62. The van der Waals surface area contributed by atoms with Gasteiger partial charge in [-0.05, 0) is 19.4 Å². The molecule has 0 saturated carbocycles. The quantitative estimate of drug-likeness (QED) is 0.637. The average Bonchev–Trinajstić information content (AvgIpc) is 2.77. The van der Waals surface area contributed by atoms with Gasteiger partial charge in [0.15, 0.2) is 0 Å². The molecular formula is C13H16N4O2. The van der Waals surface area contributed by atoms with Gasteiger partial charge in [-0.2, -0.15) is 0 Å². The molecule has 0 spiro atoms. The minimum atomic E-state index is -0.351. The van der Waals surface area contributed by atoms with E-state index in [1.54, 1.807) is 19.3 Å². The van der Waals surface area contributed by atoms with Gasteiger partial charge < -0.3 is 10.3 Å². The van der Waals surface area contributed by atoms with Crippen LogP contribution in [0.3, 0.4) is 0 Å². The zero-order chi connectivity index (χ0) is 13.8. The van der Waals surface area contributed by atoms with Crippen LogP contribution >= 0.6 is 0 Å². The number of H-pyrrole nitrogens is 1. The van der Waals surface area contributed by atoms with Gasteiger partial charge in [0.2, 0.25) is 0 Å². The molecule has 0 aliphatic carbocycles. The highest BCUT2D eigenvalue weighted by Crippen LogP contribution is 2.20. The number of aromatic amines is 1. The molecule has 0 aliphatic heterocycles. The lowest BCUT2D eigenvalue weighted by Crippen LogP contribution is -2.14. The molecule has 6 heteroatoms. The summed E-state index contributed by atoms with van der Waals surface area (Å²) in [4.78, 5) is 17.7. The molecule has 1 aromatic carbocycles. The van der Waals surface area contributed by atoms with Crippen LogP contribution in [0.1, 0.15) is 22.5 Å². The molecule has 1 aromatic heterocycles.